The molecule has 2 nitrogen and oxygen atoms in total. The SMILES string of the molecule is CC(O)CCN(C)Cc1ccc(F)c(Br)c1. The number of aliphatic hydroxyl groups is 1. The summed E-state index contributed by atoms with van der Waals surface area (Å²) in [5, 5.41) is 9.16. The predicted octanol–water partition coefficient (Wildman–Crippen LogP) is 2.79. The van der Waals surface area contributed by atoms with Crippen molar-refractivity contribution in [3.63, 3.8) is 0 Å². The quantitative estimate of drug-likeness (QED) is 0.901. The molecular weight excluding hydrogens is 273 g/mol. The standard InChI is InChI=1S/C12H17BrFNO/c1-9(16)5-6-15(2)8-10-3-4-12(14)11(13)7-10/h3-4,7,9,16H,5-6,8H2,1-2H3. The van der Waals surface area contributed by atoms with Crippen molar-refractivity contribution in [1.82, 2.24) is 4.90 Å². The van der Waals surface area contributed by atoms with Gasteiger partial charge < -0.3 is 10.0 Å². The van der Waals surface area contributed by atoms with Gasteiger partial charge >= 0.3 is 0 Å². The number of halogens is 2. The maximum atomic E-state index is 13.0. The zero-order valence-electron chi connectivity index (χ0n) is 9.58. The summed E-state index contributed by atoms with van der Waals surface area (Å²) in [4.78, 5) is 2.10. The lowest BCUT2D eigenvalue weighted by atomic mass is 10.2. The van der Waals surface area contributed by atoms with E-state index >= 15 is 0 Å². The molecule has 0 bridgehead atoms. The van der Waals surface area contributed by atoms with Crippen LogP contribution in [0.4, 0.5) is 4.39 Å². The predicted molar refractivity (Wildman–Crippen MR) is 66.7 cm³/mol. The molecule has 1 atom stereocenters. The zero-order chi connectivity index (χ0) is 12.1. The van der Waals surface area contributed by atoms with Crippen LogP contribution in [0.1, 0.15) is 18.9 Å². The van der Waals surface area contributed by atoms with E-state index in [0.717, 1.165) is 25.1 Å². The minimum Gasteiger partial charge on any atom is -0.393 e. The number of benzene rings is 1. The highest BCUT2D eigenvalue weighted by molar-refractivity contribution is 9.10. The second kappa shape index (κ2) is 6.33. The van der Waals surface area contributed by atoms with Crippen LogP contribution in [-0.4, -0.2) is 29.7 Å². The molecule has 0 aliphatic heterocycles. The molecule has 1 aromatic carbocycles. The molecule has 0 saturated heterocycles. The van der Waals surface area contributed by atoms with E-state index < -0.39 is 0 Å². The molecule has 0 spiro atoms. The first-order chi connectivity index (χ1) is 7.49. The Hall–Kier alpha value is -0.450. The summed E-state index contributed by atoms with van der Waals surface area (Å²) in [6, 6.07) is 5.02. The molecule has 0 saturated carbocycles. The van der Waals surface area contributed by atoms with Crippen LogP contribution in [0, 0.1) is 5.82 Å². The molecule has 0 amide bonds. The van der Waals surface area contributed by atoms with E-state index in [2.05, 4.69) is 20.8 Å². The van der Waals surface area contributed by atoms with E-state index in [0.29, 0.717) is 4.47 Å². The summed E-state index contributed by atoms with van der Waals surface area (Å²) in [7, 11) is 1.99. The first-order valence-electron chi connectivity index (χ1n) is 5.29. The van der Waals surface area contributed by atoms with Crippen molar-refractivity contribution in [2.45, 2.75) is 26.0 Å². The van der Waals surface area contributed by atoms with Crippen LogP contribution in [0.3, 0.4) is 0 Å². The lowest BCUT2D eigenvalue weighted by Crippen LogP contribution is -2.22. The van der Waals surface area contributed by atoms with Crippen molar-refractivity contribution in [2.75, 3.05) is 13.6 Å². The second-order valence-corrected chi connectivity index (χ2v) is 4.98. The smallest absolute Gasteiger partial charge is 0.137 e. The van der Waals surface area contributed by atoms with Gasteiger partial charge in [0.05, 0.1) is 10.6 Å². The second-order valence-electron chi connectivity index (χ2n) is 4.12. The van der Waals surface area contributed by atoms with Crippen molar-refractivity contribution < 1.29 is 9.50 Å². The van der Waals surface area contributed by atoms with Gasteiger partial charge in [-0.15, -0.1) is 0 Å². The molecule has 0 aromatic heterocycles. The lowest BCUT2D eigenvalue weighted by molar-refractivity contribution is 0.163. The highest BCUT2D eigenvalue weighted by atomic mass is 79.9. The van der Waals surface area contributed by atoms with Crippen molar-refractivity contribution in [3.05, 3.63) is 34.1 Å². The topological polar surface area (TPSA) is 23.5 Å². The summed E-state index contributed by atoms with van der Waals surface area (Å²) in [6.45, 7) is 3.36. The third-order valence-electron chi connectivity index (χ3n) is 2.37. The van der Waals surface area contributed by atoms with Gasteiger partial charge in [0.2, 0.25) is 0 Å². The Morgan fingerprint density at radius 1 is 1.50 bits per heavy atom. The van der Waals surface area contributed by atoms with Crippen LogP contribution >= 0.6 is 15.9 Å². The molecule has 1 rings (SSSR count). The molecule has 90 valence electrons. The van der Waals surface area contributed by atoms with E-state index in [9.17, 15) is 4.39 Å². The van der Waals surface area contributed by atoms with Crippen LogP contribution in [0.5, 0.6) is 0 Å². The molecule has 1 aromatic rings. The van der Waals surface area contributed by atoms with Gasteiger partial charge in [0, 0.05) is 13.1 Å². The number of rotatable bonds is 5. The molecular formula is C12H17BrFNO. The van der Waals surface area contributed by atoms with Gasteiger partial charge in [0.1, 0.15) is 5.82 Å². The Morgan fingerprint density at radius 2 is 2.19 bits per heavy atom. The van der Waals surface area contributed by atoms with Gasteiger partial charge in [0.15, 0.2) is 0 Å². The minimum atomic E-state index is -0.276. The maximum absolute atomic E-state index is 13.0. The van der Waals surface area contributed by atoms with Gasteiger partial charge in [-0.1, -0.05) is 6.07 Å². The Kier molecular flexibility index (Phi) is 5.38. The van der Waals surface area contributed by atoms with E-state index in [1.807, 2.05) is 7.05 Å². The molecule has 0 aliphatic carbocycles. The minimum absolute atomic E-state index is 0.240. The Morgan fingerprint density at radius 3 is 2.75 bits per heavy atom. The normalized spacial score (nSPS) is 13.1. The molecule has 1 unspecified atom stereocenters. The number of hydrogen-bond acceptors (Lipinski definition) is 2. The van der Waals surface area contributed by atoms with Crippen LogP contribution in [0.25, 0.3) is 0 Å². The third kappa shape index (κ3) is 4.60. The van der Waals surface area contributed by atoms with Crippen LogP contribution in [0.15, 0.2) is 22.7 Å². The largest absolute Gasteiger partial charge is 0.393 e. The third-order valence-corrected chi connectivity index (χ3v) is 2.97. The molecule has 4 heteroatoms. The van der Waals surface area contributed by atoms with Gasteiger partial charge in [0.25, 0.3) is 0 Å². The van der Waals surface area contributed by atoms with Crippen LogP contribution < -0.4 is 0 Å². The monoisotopic (exact) mass is 289 g/mol. The Labute approximate surface area is 104 Å². The highest BCUT2D eigenvalue weighted by Crippen LogP contribution is 2.17. The molecule has 0 heterocycles. The van der Waals surface area contributed by atoms with E-state index in [-0.39, 0.29) is 11.9 Å². The Balaban J connectivity index is 2.49. The average molecular weight is 290 g/mol. The highest BCUT2D eigenvalue weighted by Gasteiger charge is 2.05. The molecule has 0 aliphatic rings. The maximum Gasteiger partial charge on any atom is 0.137 e. The van der Waals surface area contributed by atoms with Crippen molar-refractivity contribution in [2.24, 2.45) is 0 Å². The molecule has 0 radical (unpaired) electrons. The zero-order valence-corrected chi connectivity index (χ0v) is 11.2. The van der Waals surface area contributed by atoms with Gasteiger partial charge in [-0.25, -0.2) is 4.39 Å². The first-order valence-corrected chi connectivity index (χ1v) is 6.09. The summed E-state index contributed by atoms with van der Waals surface area (Å²) in [5.41, 5.74) is 1.06. The van der Waals surface area contributed by atoms with E-state index in [4.69, 9.17) is 5.11 Å². The number of hydrogen-bond donors (Lipinski definition) is 1. The molecule has 0 fully saturated rings. The summed E-state index contributed by atoms with van der Waals surface area (Å²) in [6.07, 6.45) is 0.473. The van der Waals surface area contributed by atoms with Crippen molar-refractivity contribution in [1.29, 1.82) is 0 Å². The van der Waals surface area contributed by atoms with Crippen LogP contribution in [-0.2, 0) is 6.54 Å². The van der Waals surface area contributed by atoms with Gasteiger partial charge in [-0.3, -0.25) is 0 Å². The van der Waals surface area contributed by atoms with E-state index in [1.165, 1.54) is 6.07 Å². The van der Waals surface area contributed by atoms with Crippen LogP contribution in [0.2, 0.25) is 0 Å². The van der Waals surface area contributed by atoms with Gasteiger partial charge in [-0.2, -0.15) is 0 Å². The number of aliphatic hydroxyl groups excluding tert-OH is 1. The lowest BCUT2D eigenvalue weighted by Gasteiger charge is -2.17. The van der Waals surface area contributed by atoms with Gasteiger partial charge in [-0.05, 0) is 54.0 Å². The molecule has 16 heavy (non-hydrogen) atoms. The number of nitrogens with zero attached hydrogens (tertiary/aromatic N) is 1. The fraction of sp³-hybridized carbons (Fsp3) is 0.500. The Bertz CT molecular complexity index is 344. The fourth-order valence-corrected chi connectivity index (χ4v) is 1.86. The first kappa shape index (κ1) is 13.6. The van der Waals surface area contributed by atoms with Crippen molar-refractivity contribution in [3.8, 4) is 0 Å². The van der Waals surface area contributed by atoms with E-state index in [1.54, 1.807) is 19.1 Å². The summed E-state index contributed by atoms with van der Waals surface area (Å²) in [5.74, 6) is -0.240. The van der Waals surface area contributed by atoms with Crippen molar-refractivity contribution >= 4 is 15.9 Å². The fourth-order valence-electron chi connectivity index (χ4n) is 1.44. The average Bonchev–Trinajstić information content (AvgIpc) is 2.21. The summed E-state index contributed by atoms with van der Waals surface area (Å²) >= 11 is 3.16. The molecule has 1 N–H and O–H groups in total. The summed E-state index contributed by atoms with van der Waals surface area (Å²) < 4.78 is 13.5.